The average molecular weight is 376 g/mol. The first-order valence-electron chi connectivity index (χ1n) is 7.21. The summed E-state index contributed by atoms with van der Waals surface area (Å²) in [5.74, 6) is 0.927. The Balaban J connectivity index is 1.80. The van der Waals surface area contributed by atoms with Crippen LogP contribution in [0.2, 0.25) is 5.15 Å². The topological polar surface area (TPSA) is 73.3 Å². The minimum Gasteiger partial charge on any atom is -0.493 e. The molecule has 128 valence electrons. The molecule has 25 heavy (non-hydrogen) atoms. The minimum absolute atomic E-state index is 0.313. The monoisotopic (exact) mass is 375 g/mol. The zero-order chi connectivity index (χ0) is 17.8. The van der Waals surface area contributed by atoms with Crippen LogP contribution in [0.3, 0.4) is 0 Å². The summed E-state index contributed by atoms with van der Waals surface area (Å²) in [6.45, 7) is 0. The molecule has 0 fully saturated rings. The van der Waals surface area contributed by atoms with Crippen molar-refractivity contribution >= 4 is 34.5 Å². The molecule has 8 heteroatoms. The summed E-state index contributed by atoms with van der Waals surface area (Å²) >= 11 is 7.10. The molecule has 1 N–H and O–H groups in total. The minimum atomic E-state index is -0.313. The molecule has 0 saturated carbocycles. The first-order chi connectivity index (χ1) is 12.1. The van der Waals surface area contributed by atoms with Gasteiger partial charge in [0.15, 0.2) is 11.5 Å². The van der Waals surface area contributed by atoms with Crippen LogP contribution in [0.25, 0.3) is 10.6 Å². The predicted molar refractivity (Wildman–Crippen MR) is 97.9 cm³/mol. The van der Waals surface area contributed by atoms with E-state index in [1.165, 1.54) is 17.5 Å². The number of pyridine rings is 1. The smallest absolute Gasteiger partial charge is 0.275 e. The molecule has 0 aliphatic heterocycles. The summed E-state index contributed by atoms with van der Waals surface area (Å²) < 4.78 is 10.5. The number of rotatable bonds is 5. The van der Waals surface area contributed by atoms with Gasteiger partial charge in [-0.15, -0.1) is 11.3 Å². The number of nitrogens with zero attached hydrogens (tertiary/aromatic N) is 2. The molecule has 0 atom stereocenters. The molecule has 1 aromatic carbocycles. The summed E-state index contributed by atoms with van der Waals surface area (Å²) in [6.07, 6.45) is 1.49. The molecule has 3 aromatic rings. The highest BCUT2D eigenvalue weighted by Crippen LogP contribution is 2.33. The van der Waals surface area contributed by atoms with E-state index in [0.717, 1.165) is 5.56 Å². The molecule has 3 rings (SSSR count). The predicted octanol–water partition coefficient (Wildman–Crippen LogP) is 4.13. The van der Waals surface area contributed by atoms with Gasteiger partial charge in [-0.3, -0.25) is 4.79 Å². The molecule has 1 amide bonds. The number of hydrogen-bond donors (Lipinski definition) is 1. The molecule has 2 heterocycles. The zero-order valence-electron chi connectivity index (χ0n) is 13.4. The van der Waals surface area contributed by atoms with Crippen LogP contribution in [-0.2, 0) is 0 Å². The lowest BCUT2D eigenvalue weighted by Gasteiger charge is -2.08. The highest BCUT2D eigenvalue weighted by Gasteiger charge is 2.14. The number of anilines is 1. The SMILES string of the molecule is COc1ccc(-c2nc(C(=O)Nc3ccc(Cl)nc3)cs2)cc1OC. The van der Waals surface area contributed by atoms with Gasteiger partial charge in [-0.25, -0.2) is 9.97 Å². The van der Waals surface area contributed by atoms with E-state index in [2.05, 4.69) is 15.3 Å². The second-order valence-electron chi connectivity index (χ2n) is 4.93. The highest BCUT2D eigenvalue weighted by molar-refractivity contribution is 7.13. The van der Waals surface area contributed by atoms with E-state index < -0.39 is 0 Å². The lowest BCUT2D eigenvalue weighted by Crippen LogP contribution is -2.12. The Kier molecular flexibility index (Phi) is 5.16. The summed E-state index contributed by atoms with van der Waals surface area (Å²) in [5, 5.41) is 5.50. The van der Waals surface area contributed by atoms with Crippen molar-refractivity contribution in [2.75, 3.05) is 19.5 Å². The summed E-state index contributed by atoms with van der Waals surface area (Å²) in [4.78, 5) is 20.6. The number of ether oxygens (including phenoxy) is 2. The number of thiazole rings is 1. The van der Waals surface area contributed by atoms with Crippen molar-refractivity contribution in [1.82, 2.24) is 9.97 Å². The number of carbonyl (C=O) groups excluding carboxylic acids is 1. The fraction of sp³-hybridized carbons (Fsp3) is 0.118. The van der Waals surface area contributed by atoms with E-state index in [-0.39, 0.29) is 5.91 Å². The third-order valence-electron chi connectivity index (χ3n) is 3.35. The molecule has 0 aliphatic carbocycles. The Morgan fingerprint density at radius 1 is 1.16 bits per heavy atom. The van der Waals surface area contributed by atoms with Crippen LogP contribution in [0, 0.1) is 0 Å². The van der Waals surface area contributed by atoms with Crippen LogP contribution in [0.1, 0.15) is 10.5 Å². The first kappa shape index (κ1) is 17.2. The van der Waals surface area contributed by atoms with Crippen molar-refractivity contribution in [2.24, 2.45) is 0 Å². The maximum Gasteiger partial charge on any atom is 0.275 e. The van der Waals surface area contributed by atoms with Gasteiger partial charge >= 0.3 is 0 Å². The van der Waals surface area contributed by atoms with E-state index in [9.17, 15) is 4.79 Å². The fourth-order valence-corrected chi connectivity index (χ4v) is 3.03. The number of amides is 1. The number of aromatic nitrogens is 2. The van der Waals surface area contributed by atoms with Crippen molar-refractivity contribution in [3.8, 4) is 22.1 Å². The van der Waals surface area contributed by atoms with Gasteiger partial charge in [0.1, 0.15) is 15.9 Å². The van der Waals surface area contributed by atoms with Crippen molar-refractivity contribution in [1.29, 1.82) is 0 Å². The standard InChI is InChI=1S/C17H14ClN3O3S/c1-23-13-5-3-10(7-14(13)24-2)17-21-12(9-25-17)16(22)20-11-4-6-15(18)19-8-11/h3-9H,1-2H3,(H,20,22). The van der Waals surface area contributed by atoms with Gasteiger partial charge < -0.3 is 14.8 Å². The van der Waals surface area contributed by atoms with Crippen LogP contribution in [0.15, 0.2) is 41.9 Å². The van der Waals surface area contributed by atoms with Crippen molar-refractivity contribution in [3.63, 3.8) is 0 Å². The van der Waals surface area contributed by atoms with E-state index >= 15 is 0 Å². The molecule has 0 saturated heterocycles. The van der Waals surface area contributed by atoms with Gasteiger partial charge in [-0.2, -0.15) is 0 Å². The molecule has 0 radical (unpaired) electrons. The number of hydrogen-bond acceptors (Lipinski definition) is 6. The third-order valence-corrected chi connectivity index (χ3v) is 4.47. The quantitative estimate of drug-likeness (QED) is 0.679. The fourth-order valence-electron chi connectivity index (χ4n) is 2.12. The summed E-state index contributed by atoms with van der Waals surface area (Å²) in [5.41, 5.74) is 1.72. The van der Waals surface area contributed by atoms with Crippen LogP contribution < -0.4 is 14.8 Å². The van der Waals surface area contributed by atoms with Crippen molar-refractivity contribution in [2.45, 2.75) is 0 Å². The van der Waals surface area contributed by atoms with E-state index in [0.29, 0.717) is 33.0 Å². The lowest BCUT2D eigenvalue weighted by atomic mass is 10.2. The van der Waals surface area contributed by atoms with Crippen molar-refractivity contribution in [3.05, 3.63) is 52.8 Å². The lowest BCUT2D eigenvalue weighted by molar-refractivity contribution is 0.102. The van der Waals surface area contributed by atoms with Gasteiger partial charge in [0.25, 0.3) is 5.91 Å². The Hall–Kier alpha value is -2.64. The molecule has 0 unspecified atom stereocenters. The van der Waals surface area contributed by atoms with E-state index in [4.69, 9.17) is 21.1 Å². The number of benzene rings is 1. The molecule has 0 bridgehead atoms. The molecule has 6 nitrogen and oxygen atoms in total. The van der Waals surface area contributed by atoms with Gasteiger partial charge in [0, 0.05) is 10.9 Å². The number of methoxy groups -OCH3 is 2. The van der Waals surface area contributed by atoms with Gasteiger partial charge in [0.05, 0.1) is 26.1 Å². The normalized spacial score (nSPS) is 10.4. The Bertz CT molecular complexity index is 896. The third kappa shape index (κ3) is 3.89. The largest absolute Gasteiger partial charge is 0.493 e. The number of nitrogens with one attached hydrogen (secondary N) is 1. The Morgan fingerprint density at radius 2 is 1.96 bits per heavy atom. The highest BCUT2D eigenvalue weighted by atomic mass is 35.5. The van der Waals surface area contributed by atoms with Crippen LogP contribution in [0.5, 0.6) is 11.5 Å². The second-order valence-corrected chi connectivity index (χ2v) is 6.18. The van der Waals surface area contributed by atoms with E-state index in [1.807, 2.05) is 12.1 Å². The molecule has 0 spiro atoms. The molecule has 2 aromatic heterocycles. The summed E-state index contributed by atoms with van der Waals surface area (Å²) in [7, 11) is 3.15. The van der Waals surface area contributed by atoms with Crippen LogP contribution in [0.4, 0.5) is 5.69 Å². The van der Waals surface area contributed by atoms with Gasteiger partial charge in [-0.1, -0.05) is 11.6 Å². The number of carbonyl (C=O) groups is 1. The Morgan fingerprint density at radius 3 is 2.64 bits per heavy atom. The molecular formula is C17H14ClN3O3S. The van der Waals surface area contributed by atoms with Crippen LogP contribution >= 0.6 is 22.9 Å². The maximum absolute atomic E-state index is 12.3. The van der Waals surface area contributed by atoms with E-state index in [1.54, 1.807) is 37.8 Å². The molecular weight excluding hydrogens is 362 g/mol. The van der Waals surface area contributed by atoms with Gasteiger partial charge in [0.2, 0.25) is 0 Å². The van der Waals surface area contributed by atoms with Gasteiger partial charge in [-0.05, 0) is 30.3 Å². The zero-order valence-corrected chi connectivity index (χ0v) is 15.0. The van der Waals surface area contributed by atoms with Crippen molar-refractivity contribution < 1.29 is 14.3 Å². The molecule has 0 aliphatic rings. The summed E-state index contributed by atoms with van der Waals surface area (Å²) in [6, 6.07) is 8.77. The van der Waals surface area contributed by atoms with Crippen LogP contribution in [-0.4, -0.2) is 30.1 Å². The first-order valence-corrected chi connectivity index (χ1v) is 8.47. The second kappa shape index (κ2) is 7.50. The number of halogens is 1. The Labute approximate surface area is 153 Å². The maximum atomic E-state index is 12.3. The average Bonchev–Trinajstić information content (AvgIpc) is 3.13.